The Kier molecular flexibility index (Phi) is 9.78. The first-order valence-electron chi connectivity index (χ1n) is 11.8. The Bertz CT molecular complexity index is 1270. The molecule has 4 amide bonds. The maximum Gasteiger partial charge on any atom is 0.314 e. The number of amides is 4. The van der Waals surface area contributed by atoms with Crippen LogP contribution in [0.1, 0.15) is 12.8 Å². The van der Waals surface area contributed by atoms with Crippen LogP contribution in [-0.2, 0) is 29.2 Å². The highest BCUT2D eigenvalue weighted by Crippen LogP contribution is 2.24. The number of piperidine rings is 1. The average Bonchev–Trinajstić information content (AvgIpc) is 2.92. The first-order valence-corrected chi connectivity index (χ1v) is 13.6. The molecular weight excluding hydrogens is 536 g/mol. The zero-order valence-electron chi connectivity index (χ0n) is 20.9. The van der Waals surface area contributed by atoms with Gasteiger partial charge in [-0.1, -0.05) is 29.8 Å². The summed E-state index contributed by atoms with van der Waals surface area (Å²) in [6.07, 6.45) is 1.84. The number of pyridine rings is 1. The molecule has 0 bridgehead atoms. The predicted octanol–water partition coefficient (Wildman–Crippen LogP) is 0.464. The molecule has 3 rings (SSSR count). The molecule has 1 fully saturated rings. The Morgan fingerprint density at radius 3 is 2.29 bits per heavy atom. The number of hydrogen-bond donors (Lipinski definition) is 3. The lowest BCUT2D eigenvalue weighted by Gasteiger charge is -2.31. The van der Waals surface area contributed by atoms with Gasteiger partial charge >= 0.3 is 11.8 Å². The van der Waals surface area contributed by atoms with E-state index in [1.165, 1.54) is 53.8 Å². The minimum Gasteiger partial charge on any atom is -0.347 e. The van der Waals surface area contributed by atoms with Gasteiger partial charge in [-0.05, 0) is 37.1 Å². The van der Waals surface area contributed by atoms with Gasteiger partial charge < -0.3 is 20.9 Å². The molecule has 0 radical (unpaired) electrons. The van der Waals surface area contributed by atoms with Crippen molar-refractivity contribution in [2.75, 3.05) is 39.0 Å². The fourth-order valence-electron chi connectivity index (χ4n) is 3.80. The Morgan fingerprint density at radius 1 is 1.05 bits per heavy atom. The first-order chi connectivity index (χ1) is 18.0. The first kappa shape index (κ1) is 29.0. The van der Waals surface area contributed by atoms with Gasteiger partial charge in [0.2, 0.25) is 21.8 Å². The largest absolute Gasteiger partial charge is 0.347 e. The van der Waals surface area contributed by atoms with Crippen LogP contribution in [0.3, 0.4) is 0 Å². The molecule has 12 nitrogen and oxygen atoms in total. The van der Waals surface area contributed by atoms with Crippen LogP contribution in [0.4, 0.5) is 5.82 Å². The van der Waals surface area contributed by atoms with Gasteiger partial charge in [0.1, 0.15) is 11.9 Å². The summed E-state index contributed by atoms with van der Waals surface area (Å²) in [7, 11) is -0.675. The lowest BCUT2D eigenvalue weighted by Crippen LogP contribution is -2.55. The second-order valence-corrected chi connectivity index (χ2v) is 11.2. The maximum absolute atomic E-state index is 12.9. The third-order valence-electron chi connectivity index (χ3n) is 5.90. The van der Waals surface area contributed by atoms with E-state index in [2.05, 4.69) is 20.9 Å². The molecule has 14 heteroatoms. The smallest absolute Gasteiger partial charge is 0.314 e. The van der Waals surface area contributed by atoms with Crippen LogP contribution in [0.2, 0.25) is 5.02 Å². The quantitative estimate of drug-likeness (QED) is 0.393. The number of benzene rings is 1. The molecule has 0 saturated carbocycles. The van der Waals surface area contributed by atoms with E-state index in [9.17, 15) is 27.6 Å². The van der Waals surface area contributed by atoms with E-state index >= 15 is 0 Å². The highest BCUT2D eigenvalue weighted by molar-refractivity contribution is 7.89. The van der Waals surface area contributed by atoms with Crippen molar-refractivity contribution in [2.24, 2.45) is 5.92 Å². The highest BCUT2D eigenvalue weighted by Gasteiger charge is 2.34. The van der Waals surface area contributed by atoms with Gasteiger partial charge in [0.15, 0.2) is 0 Å². The number of carbonyl (C=O) groups excluding carboxylic acids is 4. The molecule has 38 heavy (non-hydrogen) atoms. The summed E-state index contributed by atoms with van der Waals surface area (Å²) in [6.45, 7) is -0.0290. The van der Waals surface area contributed by atoms with Gasteiger partial charge in [-0.3, -0.25) is 19.2 Å². The SMILES string of the molecule is CN(C)C(=O)C(CNC(=O)C(=O)Nc1ccc(Cl)cn1)NC(=O)C1CCN(S(=O)(=O)c2ccccc2)CC1. The van der Waals surface area contributed by atoms with Crippen LogP contribution in [0.5, 0.6) is 0 Å². The second kappa shape index (κ2) is 12.8. The molecule has 1 saturated heterocycles. The van der Waals surface area contributed by atoms with Gasteiger partial charge in [-0.2, -0.15) is 4.31 Å². The van der Waals surface area contributed by atoms with Crippen molar-refractivity contribution in [1.29, 1.82) is 0 Å². The molecule has 2 heterocycles. The molecule has 1 atom stereocenters. The lowest BCUT2D eigenvalue weighted by atomic mass is 9.97. The van der Waals surface area contributed by atoms with Gasteiger partial charge in [0, 0.05) is 45.8 Å². The molecule has 0 spiro atoms. The number of likely N-dealkylation sites (N-methyl/N-ethyl adjacent to an activating group) is 1. The minimum absolute atomic E-state index is 0.115. The van der Waals surface area contributed by atoms with E-state index in [1.807, 2.05) is 0 Å². The zero-order chi connectivity index (χ0) is 27.9. The Morgan fingerprint density at radius 2 is 1.71 bits per heavy atom. The number of nitrogens with zero attached hydrogens (tertiary/aromatic N) is 3. The Balaban J connectivity index is 1.56. The third kappa shape index (κ3) is 7.49. The van der Waals surface area contributed by atoms with Crippen molar-refractivity contribution < 1.29 is 27.6 Å². The molecule has 3 N–H and O–H groups in total. The second-order valence-electron chi connectivity index (χ2n) is 8.81. The molecule has 204 valence electrons. The zero-order valence-corrected chi connectivity index (χ0v) is 22.5. The molecular formula is C24H29ClN6O6S. The Labute approximate surface area is 225 Å². The average molecular weight is 565 g/mol. The fraction of sp³-hybridized carbons (Fsp3) is 0.375. The molecule has 1 unspecified atom stereocenters. The maximum atomic E-state index is 12.9. The van der Waals surface area contributed by atoms with E-state index in [0.717, 1.165) is 0 Å². The monoisotopic (exact) mass is 564 g/mol. The predicted molar refractivity (Wildman–Crippen MR) is 139 cm³/mol. The van der Waals surface area contributed by atoms with E-state index in [4.69, 9.17) is 11.6 Å². The normalized spacial score (nSPS) is 15.2. The fourth-order valence-corrected chi connectivity index (χ4v) is 5.40. The Hall–Kier alpha value is -3.55. The van der Waals surface area contributed by atoms with Crippen LogP contribution >= 0.6 is 11.6 Å². The van der Waals surface area contributed by atoms with Gasteiger partial charge in [0.25, 0.3) is 0 Å². The van der Waals surface area contributed by atoms with E-state index < -0.39 is 45.6 Å². The number of anilines is 1. The summed E-state index contributed by atoms with van der Waals surface area (Å²) in [6, 6.07) is 9.84. The van der Waals surface area contributed by atoms with Crippen molar-refractivity contribution in [3.05, 3.63) is 53.7 Å². The standard InChI is InChI=1S/C24H29ClN6O6S/c1-30(2)24(35)19(15-27-22(33)23(34)29-20-9-8-17(25)14-26-20)28-21(32)16-10-12-31(13-11-16)38(36,37)18-6-4-3-5-7-18/h3-9,14,16,19H,10-13,15H2,1-2H3,(H,27,33)(H,28,32)(H,26,29,34). The van der Waals surface area contributed by atoms with Crippen LogP contribution in [0, 0.1) is 5.92 Å². The minimum atomic E-state index is -3.67. The number of halogens is 1. The van der Waals surface area contributed by atoms with Crippen molar-refractivity contribution in [3.8, 4) is 0 Å². The van der Waals surface area contributed by atoms with Crippen LogP contribution in [0.15, 0.2) is 53.6 Å². The van der Waals surface area contributed by atoms with Crippen molar-refractivity contribution >= 4 is 51.1 Å². The summed E-state index contributed by atoms with van der Waals surface area (Å²) in [5.74, 6) is -3.36. The number of hydrogen-bond acceptors (Lipinski definition) is 7. The van der Waals surface area contributed by atoms with Crippen molar-refractivity contribution in [2.45, 2.75) is 23.8 Å². The highest BCUT2D eigenvalue weighted by atomic mass is 35.5. The molecule has 2 aromatic rings. The van der Waals surface area contributed by atoms with E-state index in [0.29, 0.717) is 5.02 Å². The molecule has 1 aliphatic rings. The summed E-state index contributed by atoms with van der Waals surface area (Å²) >= 11 is 5.75. The summed E-state index contributed by atoms with van der Waals surface area (Å²) < 4.78 is 27.0. The van der Waals surface area contributed by atoms with Crippen molar-refractivity contribution in [1.82, 2.24) is 24.8 Å². The number of sulfonamides is 1. The third-order valence-corrected chi connectivity index (χ3v) is 8.04. The summed E-state index contributed by atoms with van der Waals surface area (Å²) in [4.78, 5) is 55.4. The van der Waals surface area contributed by atoms with Crippen LogP contribution < -0.4 is 16.0 Å². The van der Waals surface area contributed by atoms with E-state index in [1.54, 1.807) is 18.2 Å². The van der Waals surface area contributed by atoms with Gasteiger partial charge in [0.05, 0.1) is 9.92 Å². The van der Waals surface area contributed by atoms with Crippen molar-refractivity contribution in [3.63, 3.8) is 0 Å². The molecule has 1 aliphatic heterocycles. The molecule has 0 aliphatic carbocycles. The topological polar surface area (TPSA) is 158 Å². The number of nitrogens with one attached hydrogen (secondary N) is 3. The van der Waals surface area contributed by atoms with E-state index in [-0.39, 0.29) is 43.2 Å². The number of aromatic nitrogens is 1. The van der Waals surface area contributed by atoms with Gasteiger partial charge in [-0.25, -0.2) is 13.4 Å². The summed E-state index contributed by atoms with van der Waals surface area (Å²) in [5, 5.41) is 7.65. The number of carbonyl (C=O) groups is 4. The van der Waals surface area contributed by atoms with Crippen LogP contribution in [-0.4, -0.2) is 86.0 Å². The van der Waals surface area contributed by atoms with Crippen LogP contribution in [0.25, 0.3) is 0 Å². The molecule has 1 aromatic carbocycles. The summed E-state index contributed by atoms with van der Waals surface area (Å²) in [5.41, 5.74) is 0. The molecule has 1 aromatic heterocycles. The van der Waals surface area contributed by atoms with Gasteiger partial charge in [-0.15, -0.1) is 0 Å². The number of rotatable bonds is 8. The lowest BCUT2D eigenvalue weighted by molar-refractivity contribution is -0.138.